The van der Waals surface area contributed by atoms with Crippen molar-refractivity contribution in [1.82, 2.24) is 10.2 Å². The van der Waals surface area contributed by atoms with Gasteiger partial charge in [-0.2, -0.15) is 0 Å². The lowest BCUT2D eigenvalue weighted by Gasteiger charge is -2.23. The van der Waals surface area contributed by atoms with Crippen LogP contribution in [0, 0.1) is 0 Å². The first-order valence-electron chi connectivity index (χ1n) is 7.51. The zero-order valence-corrected chi connectivity index (χ0v) is 14.8. The highest BCUT2D eigenvalue weighted by atomic mass is 35.5. The molecule has 1 fully saturated rings. The lowest BCUT2D eigenvalue weighted by Crippen LogP contribution is -2.41. The van der Waals surface area contributed by atoms with Crippen LogP contribution in [0.2, 0.25) is 10.0 Å². The Morgan fingerprint density at radius 1 is 1.08 bits per heavy atom. The minimum Gasteiger partial charge on any atom is -0.319 e. The van der Waals surface area contributed by atoms with Crippen molar-refractivity contribution in [2.45, 2.75) is 12.5 Å². The minimum absolute atomic E-state index is 0.355. The molecule has 0 saturated carbocycles. The van der Waals surface area contributed by atoms with Crippen molar-refractivity contribution in [3.8, 4) is 0 Å². The number of rotatable bonds is 4. The van der Waals surface area contributed by atoms with E-state index in [1.54, 1.807) is 55.5 Å². The molecule has 1 aliphatic heterocycles. The van der Waals surface area contributed by atoms with E-state index in [2.05, 4.69) is 5.32 Å². The molecule has 0 unspecified atom stereocenters. The number of amides is 3. The third-order valence-corrected chi connectivity index (χ3v) is 4.74. The van der Waals surface area contributed by atoms with Crippen LogP contribution in [0.25, 0.3) is 0 Å². The lowest BCUT2D eigenvalue weighted by molar-refractivity contribution is -0.130. The molecule has 3 amide bonds. The summed E-state index contributed by atoms with van der Waals surface area (Å²) in [5.74, 6) is -0.878. The summed E-state index contributed by atoms with van der Waals surface area (Å²) in [5, 5.41) is 3.50. The molecule has 0 spiro atoms. The van der Waals surface area contributed by atoms with E-state index in [1.807, 2.05) is 0 Å². The summed E-state index contributed by atoms with van der Waals surface area (Å²) in [6, 6.07) is 12.4. The van der Waals surface area contributed by atoms with Gasteiger partial charge in [0.15, 0.2) is 5.78 Å². The van der Waals surface area contributed by atoms with Crippen molar-refractivity contribution in [2.75, 3.05) is 6.54 Å². The molecule has 5 nitrogen and oxygen atoms in total. The quantitative estimate of drug-likeness (QED) is 0.654. The van der Waals surface area contributed by atoms with E-state index >= 15 is 0 Å². The highest BCUT2D eigenvalue weighted by Crippen LogP contribution is 2.33. The van der Waals surface area contributed by atoms with Gasteiger partial charge in [-0.25, -0.2) is 4.79 Å². The van der Waals surface area contributed by atoms with E-state index in [0.717, 1.165) is 4.90 Å². The van der Waals surface area contributed by atoms with Gasteiger partial charge in [-0.1, -0.05) is 41.4 Å². The third-order valence-electron chi connectivity index (χ3n) is 4.16. The Balaban J connectivity index is 1.85. The number of benzene rings is 2. The topological polar surface area (TPSA) is 66.5 Å². The van der Waals surface area contributed by atoms with Crippen molar-refractivity contribution < 1.29 is 14.4 Å². The SMILES string of the molecule is C[C@@]1(c2ccccc2Cl)NC(=O)N(CC(=O)c2ccc(Cl)cc2)C1=O. The maximum Gasteiger partial charge on any atom is 0.325 e. The van der Waals surface area contributed by atoms with Crippen LogP contribution in [0.4, 0.5) is 4.79 Å². The van der Waals surface area contributed by atoms with E-state index in [1.165, 1.54) is 0 Å². The van der Waals surface area contributed by atoms with E-state index in [9.17, 15) is 14.4 Å². The van der Waals surface area contributed by atoms with Crippen molar-refractivity contribution in [1.29, 1.82) is 0 Å². The molecule has 0 bridgehead atoms. The molecule has 1 atom stereocenters. The number of Topliss-reactive ketones (excluding diaryl/α,β-unsaturated/α-hetero) is 1. The number of imide groups is 1. The zero-order valence-electron chi connectivity index (χ0n) is 13.3. The Hall–Kier alpha value is -2.37. The van der Waals surface area contributed by atoms with Crippen LogP contribution in [0.15, 0.2) is 48.5 Å². The van der Waals surface area contributed by atoms with Crippen LogP contribution >= 0.6 is 23.2 Å². The molecule has 1 saturated heterocycles. The molecule has 1 heterocycles. The number of urea groups is 1. The van der Waals surface area contributed by atoms with Gasteiger partial charge in [0.2, 0.25) is 0 Å². The summed E-state index contributed by atoms with van der Waals surface area (Å²) < 4.78 is 0. The number of hydrogen-bond acceptors (Lipinski definition) is 3. The number of halogens is 2. The third kappa shape index (κ3) is 3.13. The summed E-state index contributed by atoms with van der Waals surface area (Å²) in [7, 11) is 0. The maximum absolute atomic E-state index is 12.8. The summed E-state index contributed by atoms with van der Waals surface area (Å²) in [6.45, 7) is 1.22. The van der Waals surface area contributed by atoms with E-state index in [0.29, 0.717) is 21.2 Å². The van der Waals surface area contributed by atoms with Gasteiger partial charge in [0.1, 0.15) is 5.54 Å². The molecule has 0 aliphatic carbocycles. The van der Waals surface area contributed by atoms with Gasteiger partial charge in [0.25, 0.3) is 5.91 Å². The van der Waals surface area contributed by atoms with Crippen LogP contribution in [0.1, 0.15) is 22.8 Å². The standard InChI is InChI=1S/C18H14Cl2N2O3/c1-18(13-4-2-3-5-14(13)20)16(24)22(17(25)21-18)10-15(23)11-6-8-12(19)9-7-11/h2-9H,10H2,1H3,(H,21,25)/t18-/m0/s1. The van der Waals surface area contributed by atoms with Gasteiger partial charge in [-0.05, 0) is 37.3 Å². The molecule has 1 N–H and O–H groups in total. The van der Waals surface area contributed by atoms with Crippen LogP contribution < -0.4 is 5.32 Å². The average Bonchev–Trinajstić information content (AvgIpc) is 2.80. The summed E-state index contributed by atoms with van der Waals surface area (Å²) in [5.41, 5.74) is -0.455. The average molecular weight is 377 g/mol. The second-order valence-electron chi connectivity index (χ2n) is 5.86. The fraction of sp³-hybridized carbons (Fsp3) is 0.167. The van der Waals surface area contributed by atoms with E-state index in [4.69, 9.17) is 23.2 Å². The van der Waals surface area contributed by atoms with Crippen molar-refractivity contribution in [3.05, 3.63) is 69.7 Å². The summed E-state index contributed by atoms with van der Waals surface area (Å²) in [6.07, 6.45) is 0. The van der Waals surface area contributed by atoms with Crippen LogP contribution in [-0.4, -0.2) is 29.2 Å². The summed E-state index contributed by atoms with van der Waals surface area (Å²) in [4.78, 5) is 38.4. The first-order chi connectivity index (χ1) is 11.8. The Morgan fingerprint density at radius 2 is 1.72 bits per heavy atom. The predicted octanol–water partition coefficient (Wildman–Crippen LogP) is 3.64. The van der Waals surface area contributed by atoms with Gasteiger partial charge < -0.3 is 5.32 Å². The number of carbonyl (C=O) groups is 3. The Labute approximate surface area is 154 Å². The Kier molecular flexibility index (Phi) is 4.54. The molecular formula is C18H14Cl2N2O3. The number of hydrogen-bond donors (Lipinski definition) is 1. The second-order valence-corrected chi connectivity index (χ2v) is 6.70. The minimum atomic E-state index is -1.31. The fourth-order valence-electron chi connectivity index (χ4n) is 2.76. The highest BCUT2D eigenvalue weighted by molar-refractivity contribution is 6.32. The first kappa shape index (κ1) is 17.5. The normalized spacial score (nSPS) is 19.9. The first-order valence-corrected chi connectivity index (χ1v) is 8.26. The lowest BCUT2D eigenvalue weighted by atomic mass is 9.92. The van der Waals surface area contributed by atoms with Crippen LogP contribution in [-0.2, 0) is 10.3 Å². The molecule has 0 aromatic heterocycles. The molecule has 0 radical (unpaired) electrons. The van der Waals surface area contributed by atoms with Crippen LogP contribution in [0.5, 0.6) is 0 Å². The number of ketones is 1. The molecule has 128 valence electrons. The van der Waals surface area contributed by atoms with Gasteiger partial charge in [0, 0.05) is 21.2 Å². The largest absolute Gasteiger partial charge is 0.325 e. The van der Waals surface area contributed by atoms with Gasteiger partial charge in [0.05, 0.1) is 6.54 Å². The van der Waals surface area contributed by atoms with E-state index < -0.39 is 17.5 Å². The highest BCUT2D eigenvalue weighted by Gasteiger charge is 2.50. The van der Waals surface area contributed by atoms with Gasteiger partial charge in [-0.3, -0.25) is 14.5 Å². The van der Waals surface area contributed by atoms with Crippen LogP contribution in [0.3, 0.4) is 0 Å². The monoisotopic (exact) mass is 376 g/mol. The number of carbonyl (C=O) groups excluding carboxylic acids is 3. The molecule has 3 rings (SSSR count). The maximum atomic E-state index is 12.8. The molecule has 25 heavy (non-hydrogen) atoms. The Bertz CT molecular complexity index is 867. The summed E-state index contributed by atoms with van der Waals surface area (Å²) >= 11 is 12.0. The number of nitrogens with zero attached hydrogens (tertiary/aromatic N) is 1. The van der Waals surface area contributed by atoms with Crippen molar-refractivity contribution >= 4 is 40.9 Å². The Morgan fingerprint density at radius 3 is 2.36 bits per heavy atom. The van der Waals surface area contributed by atoms with Crippen molar-refractivity contribution in [3.63, 3.8) is 0 Å². The molecule has 2 aromatic rings. The van der Waals surface area contributed by atoms with Gasteiger partial charge >= 0.3 is 6.03 Å². The fourth-order valence-corrected chi connectivity index (χ4v) is 3.21. The number of nitrogens with one attached hydrogen (secondary N) is 1. The molecule has 2 aromatic carbocycles. The smallest absolute Gasteiger partial charge is 0.319 e. The van der Waals surface area contributed by atoms with Gasteiger partial charge in [-0.15, -0.1) is 0 Å². The molecular weight excluding hydrogens is 363 g/mol. The van der Waals surface area contributed by atoms with E-state index in [-0.39, 0.29) is 12.3 Å². The van der Waals surface area contributed by atoms with Crippen molar-refractivity contribution in [2.24, 2.45) is 0 Å². The zero-order chi connectivity index (χ0) is 18.2. The predicted molar refractivity (Wildman–Crippen MR) is 94.8 cm³/mol. The molecule has 7 heteroatoms. The second kappa shape index (κ2) is 6.50. The molecule has 1 aliphatic rings.